The number of benzene rings is 1. The van der Waals surface area contributed by atoms with E-state index in [2.05, 4.69) is 20.6 Å². The Morgan fingerprint density at radius 3 is 2.95 bits per heavy atom. The van der Waals surface area contributed by atoms with Crippen LogP contribution >= 0.6 is 0 Å². The lowest BCUT2D eigenvalue weighted by molar-refractivity contribution is -0.384. The van der Waals surface area contributed by atoms with Crippen LogP contribution in [-0.2, 0) is 0 Å². The van der Waals surface area contributed by atoms with E-state index in [4.69, 9.17) is 10.2 Å². The van der Waals surface area contributed by atoms with Crippen molar-refractivity contribution in [2.75, 3.05) is 5.73 Å². The van der Waals surface area contributed by atoms with E-state index in [-0.39, 0.29) is 11.6 Å². The first-order valence-electron chi connectivity index (χ1n) is 6.06. The van der Waals surface area contributed by atoms with Crippen molar-refractivity contribution in [1.29, 1.82) is 0 Å². The lowest BCUT2D eigenvalue weighted by Crippen LogP contribution is -1.99. The van der Waals surface area contributed by atoms with Crippen molar-refractivity contribution in [3.63, 3.8) is 0 Å². The van der Waals surface area contributed by atoms with Gasteiger partial charge in [-0.2, -0.15) is 5.10 Å². The first kappa shape index (κ1) is 13.4. The lowest BCUT2D eigenvalue weighted by Gasteiger charge is -1.96. The molecule has 0 fully saturated rings. The van der Waals surface area contributed by atoms with E-state index >= 15 is 0 Å². The molecule has 0 aliphatic rings. The fourth-order valence-corrected chi connectivity index (χ4v) is 1.73. The fraction of sp³-hybridized carbons (Fsp3) is 0. The molecule has 0 aliphatic carbocycles. The number of nitrogens with two attached hydrogens (primary N) is 1. The summed E-state index contributed by atoms with van der Waals surface area (Å²) in [5, 5.41) is 25.1. The smallest absolute Gasteiger partial charge is 0.270 e. The van der Waals surface area contributed by atoms with E-state index in [9.17, 15) is 10.1 Å². The highest BCUT2D eigenvalue weighted by atomic mass is 16.6. The SMILES string of the molecule is Nc1nnnn1/N=C/c1ccc(-c2cccc([N+](=O)[O-])c2)o1. The number of tetrazole rings is 1. The summed E-state index contributed by atoms with van der Waals surface area (Å²) in [4.78, 5) is 11.4. The maximum atomic E-state index is 10.8. The Hall–Kier alpha value is -3.56. The van der Waals surface area contributed by atoms with Crippen LogP contribution < -0.4 is 5.73 Å². The summed E-state index contributed by atoms with van der Waals surface area (Å²) >= 11 is 0. The minimum Gasteiger partial charge on any atom is -0.455 e. The fourth-order valence-electron chi connectivity index (χ4n) is 1.73. The van der Waals surface area contributed by atoms with Crippen LogP contribution in [0.15, 0.2) is 45.9 Å². The first-order chi connectivity index (χ1) is 10.6. The van der Waals surface area contributed by atoms with E-state index in [1.54, 1.807) is 24.3 Å². The summed E-state index contributed by atoms with van der Waals surface area (Å²) in [5.41, 5.74) is 6.05. The number of aromatic nitrogens is 4. The standard InChI is InChI=1S/C12H9N7O3/c13-12-15-16-17-18(12)14-7-10-4-5-11(22-10)8-2-1-3-9(6-8)19(20)21/h1-7H,(H2,13,15,17)/b14-7+. The van der Waals surface area contributed by atoms with Gasteiger partial charge in [-0.25, -0.2) is 0 Å². The molecule has 0 atom stereocenters. The normalized spacial score (nSPS) is 11.1. The molecule has 110 valence electrons. The lowest BCUT2D eigenvalue weighted by atomic mass is 10.1. The highest BCUT2D eigenvalue weighted by Gasteiger charge is 2.09. The Morgan fingerprint density at radius 2 is 2.23 bits per heavy atom. The predicted octanol–water partition coefficient (Wildman–Crippen LogP) is 1.31. The molecule has 3 aromatic rings. The zero-order chi connectivity index (χ0) is 15.5. The van der Waals surface area contributed by atoms with Crippen molar-refractivity contribution < 1.29 is 9.34 Å². The van der Waals surface area contributed by atoms with Gasteiger partial charge in [0.25, 0.3) is 11.6 Å². The Morgan fingerprint density at radius 1 is 1.36 bits per heavy atom. The second-order valence-electron chi connectivity index (χ2n) is 4.18. The largest absolute Gasteiger partial charge is 0.455 e. The van der Waals surface area contributed by atoms with Crippen molar-refractivity contribution in [2.24, 2.45) is 5.10 Å². The number of hydrogen-bond donors (Lipinski definition) is 1. The van der Waals surface area contributed by atoms with Crippen LogP contribution in [0.3, 0.4) is 0 Å². The van der Waals surface area contributed by atoms with Gasteiger partial charge in [0.15, 0.2) is 0 Å². The summed E-state index contributed by atoms with van der Waals surface area (Å²) in [7, 11) is 0. The molecule has 0 bridgehead atoms. The number of furan rings is 1. The quantitative estimate of drug-likeness (QED) is 0.435. The van der Waals surface area contributed by atoms with E-state index < -0.39 is 4.92 Å². The van der Waals surface area contributed by atoms with Gasteiger partial charge in [-0.3, -0.25) is 10.1 Å². The third kappa shape index (κ3) is 2.65. The van der Waals surface area contributed by atoms with E-state index in [0.29, 0.717) is 17.1 Å². The maximum Gasteiger partial charge on any atom is 0.270 e. The molecule has 2 heterocycles. The second kappa shape index (κ2) is 5.44. The zero-order valence-corrected chi connectivity index (χ0v) is 11.0. The van der Waals surface area contributed by atoms with Crippen molar-refractivity contribution in [3.8, 4) is 11.3 Å². The highest BCUT2D eigenvalue weighted by Crippen LogP contribution is 2.25. The highest BCUT2D eigenvalue weighted by molar-refractivity contribution is 5.77. The monoisotopic (exact) mass is 299 g/mol. The number of nitrogen functional groups attached to an aromatic ring is 1. The molecule has 2 N–H and O–H groups in total. The molecule has 0 spiro atoms. The van der Waals surface area contributed by atoms with E-state index in [0.717, 1.165) is 4.79 Å². The Bertz CT molecular complexity index is 852. The molecule has 0 radical (unpaired) electrons. The summed E-state index contributed by atoms with van der Waals surface area (Å²) in [5.74, 6) is 0.952. The van der Waals surface area contributed by atoms with Crippen LogP contribution in [-0.4, -0.2) is 31.5 Å². The predicted molar refractivity (Wildman–Crippen MR) is 76.0 cm³/mol. The molecule has 0 saturated carbocycles. The van der Waals surface area contributed by atoms with Crippen molar-refractivity contribution in [3.05, 3.63) is 52.3 Å². The maximum absolute atomic E-state index is 10.8. The van der Waals surface area contributed by atoms with Gasteiger partial charge < -0.3 is 10.2 Å². The molecule has 10 nitrogen and oxygen atoms in total. The van der Waals surface area contributed by atoms with Gasteiger partial charge >= 0.3 is 0 Å². The molecule has 0 aliphatic heterocycles. The topological polar surface area (TPSA) is 138 Å². The summed E-state index contributed by atoms with van der Waals surface area (Å²) in [6.07, 6.45) is 1.38. The third-order valence-corrected chi connectivity index (χ3v) is 2.74. The third-order valence-electron chi connectivity index (χ3n) is 2.74. The molecular formula is C12H9N7O3. The van der Waals surface area contributed by atoms with E-state index in [1.807, 2.05) is 0 Å². The van der Waals surface area contributed by atoms with Crippen molar-refractivity contribution in [2.45, 2.75) is 0 Å². The minimum atomic E-state index is -0.463. The average molecular weight is 299 g/mol. The van der Waals surface area contributed by atoms with Gasteiger partial charge in [-0.1, -0.05) is 22.0 Å². The second-order valence-corrected chi connectivity index (χ2v) is 4.18. The molecular weight excluding hydrogens is 290 g/mol. The Balaban J connectivity index is 1.85. The number of anilines is 1. The molecule has 22 heavy (non-hydrogen) atoms. The number of nitro benzene ring substituents is 1. The Labute approximate surface area is 123 Å². The molecule has 1 aromatic carbocycles. The molecule has 10 heteroatoms. The number of hydrogen-bond acceptors (Lipinski definition) is 8. The number of nitrogens with zero attached hydrogens (tertiary/aromatic N) is 6. The van der Waals surface area contributed by atoms with Gasteiger partial charge in [0.2, 0.25) is 0 Å². The molecule has 3 rings (SSSR count). The van der Waals surface area contributed by atoms with Crippen LogP contribution in [0.1, 0.15) is 5.76 Å². The number of non-ortho nitro benzene ring substituents is 1. The first-order valence-corrected chi connectivity index (χ1v) is 6.06. The van der Waals surface area contributed by atoms with Crippen molar-refractivity contribution in [1.82, 2.24) is 20.3 Å². The van der Waals surface area contributed by atoms with Gasteiger partial charge in [0.05, 0.1) is 11.1 Å². The summed E-state index contributed by atoms with van der Waals surface area (Å²) in [6, 6.07) is 9.49. The van der Waals surface area contributed by atoms with Crippen LogP contribution in [0.4, 0.5) is 11.6 Å². The number of rotatable bonds is 4. The van der Waals surface area contributed by atoms with Gasteiger partial charge in [-0.05, 0) is 22.6 Å². The van der Waals surface area contributed by atoms with Crippen molar-refractivity contribution >= 4 is 17.9 Å². The molecule has 2 aromatic heterocycles. The number of nitro groups is 1. The molecule has 0 unspecified atom stereocenters. The van der Waals surface area contributed by atoms with Crippen LogP contribution in [0.2, 0.25) is 0 Å². The molecule has 0 amide bonds. The van der Waals surface area contributed by atoms with Gasteiger partial charge in [-0.15, -0.1) is 0 Å². The van der Waals surface area contributed by atoms with Gasteiger partial charge in [0.1, 0.15) is 11.5 Å². The zero-order valence-electron chi connectivity index (χ0n) is 11.0. The van der Waals surface area contributed by atoms with Crippen LogP contribution in [0.25, 0.3) is 11.3 Å². The summed E-state index contributed by atoms with van der Waals surface area (Å²) in [6.45, 7) is 0. The van der Waals surface area contributed by atoms with Crippen LogP contribution in [0.5, 0.6) is 0 Å². The minimum absolute atomic E-state index is 0.00872. The van der Waals surface area contributed by atoms with Gasteiger partial charge in [0, 0.05) is 17.7 Å². The average Bonchev–Trinajstić information content (AvgIpc) is 3.14. The molecule has 0 saturated heterocycles. The van der Waals surface area contributed by atoms with E-state index in [1.165, 1.54) is 18.3 Å². The summed E-state index contributed by atoms with van der Waals surface area (Å²) < 4.78 is 5.55. The Kier molecular flexibility index (Phi) is 3.32. The van der Waals surface area contributed by atoms with Crippen LogP contribution in [0, 0.1) is 10.1 Å².